The number of hydrogen-bond acceptors (Lipinski definition) is 4. The molecule has 0 radical (unpaired) electrons. The molecule has 1 N–H and O–H groups in total. The second-order valence-electron chi connectivity index (χ2n) is 6.79. The van der Waals surface area contributed by atoms with Crippen LogP contribution in [0.15, 0.2) is 23.8 Å². The normalized spacial score (nSPS) is 35.1. The minimum Gasteiger partial charge on any atom is -0.458 e. The number of carbonyl (C=O) groups is 1. The lowest BCUT2D eigenvalue weighted by Crippen LogP contribution is -2.32. The molecule has 23 heavy (non-hydrogen) atoms. The van der Waals surface area contributed by atoms with Gasteiger partial charge in [-0.1, -0.05) is 39.0 Å². The maximum absolute atomic E-state index is 12.0. The standard InChI is InChI=1S/C19H32O4/c1-13(2)19-15(4)12-14(3)18(21)16(22-5)10-8-6-7-9-11-17(20)23-19/h8,10,12-14,16,18-19,21H,6-7,9,11H2,1-5H3/b10-8+,15-12-/t14-,16+,18+,19+/m1/s1. The van der Waals surface area contributed by atoms with Crippen LogP contribution in [-0.4, -0.2) is 36.5 Å². The van der Waals surface area contributed by atoms with Crippen molar-refractivity contribution in [3.05, 3.63) is 23.8 Å². The molecule has 0 saturated carbocycles. The Hall–Kier alpha value is -1.13. The van der Waals surface area contributed by atoms with Crippen molar-refractivity contribution in [2.24, 2.45) is 11.8 Å². The van der Waals surface area contributed by atoms with Gasteiger partial charge in [-0.25, -0.2) is 0 Å². The van der Waals surface area contributed by atoms with Crippen molar-refractivity contribution in [2.75, 3.05) is 7.11 Å². The molecule has 0 aromatic rings. The Bertz CT molecular complexity index is 425. The number of methoxy groups -OCH3 is 1. The molecule has 1 rings (SSSR count). The van der Waals surface area contributed by atoms with Gasteiger partial charge in [0.1, 0.15) is 12.2 Å². The van der Waals surface area contributed by atoms with Crippen molar-refractivity contribution in [1.82, 2.24) is 0 Å². The Morgan fingerprint density at radius 3 is 2.65 bits per heavy atom. The molecule has 0 aromatic carbocycles. The fraction of sp³-hybridized carbons (Fsp3) is 0.737. The lowest BCUT2D eigenvalue weighted by molar-refractivity contribution is -0.149. The number of ether oxygens (including phenoxy) is 2. The van der Waals surface area contributed by atoms with E-state index in [2.05, 4.69) is 0 Å². The highest BCUT2D eigenvalue weighted by molar-refractivity contribution is 5.69. The van der Waals surface area contributed by atoms with Crippen LogP contribution in [-0.2, 0) is 14.3 Å². The van der Waals surface area contributed by atoms with Gasteiger partial charge < -0.3 is 14.6 Å². The molecule has 0 spiro atoms. The van der Waals surface area contributed by atoms with E-state index in [4.69, 9.17) is 9.47 Å². The Morgan fingerprint density at radius 2 is 2.04 bits per heavy atom. The van der Waals surface area contributed by atoms with Crippen LogP contribution < -0.4 is 0 Å². The van der Waals surface area contributed by atoms with Crippen LogP contribution in [0.2, 0.25) is 0 Å². The quantitative estimate of drug-likeness (QED) is 0.622. The Morgan fingerprint density at radius 1 is 1.35 bits per heavy atom. The minimum atomic E-state index is -0.627. The van der Waals surface area contributed by atoms with Crippen LogP contribution >= 0.6 is 0 Å². The molecule has 0 unspecified atom stereocenters. The van der Waals surface area contributed by atoms with E-state index in [1.165, 1.54) is 0 Å². The van der Waals surface area contributed by atoms with E-state index in [0.29, 0.717) is 6.42 Å². The number of esters is 1. The van der Waals surface area contributed by atoms with Crippen LogP contribution in [0.1, 0.15) is 53.4 Å². The van der Waals surface area contributed by atoms with Gasteiger partial charge in [-0.3, -0.25) is 4.79 Å². The van der Waals surface area contributed by atoms with Crippen molar-refractivity contribution < 1.29 is 19.4 Å². The maximum atomic E-state index is 12.0. The number of rotatable bonds is 2. The summed E-state index contributed by atoms with van der Waals surface area (Å²) >= 11 is 0. The van der Waals surface area contributed by atoms with Gasteiger partial charge >= 0.3 is 5.97 Å². The van der Waals surface area contributed by atoms with E-state index >= 15 is 0 Å². The number of aliphatic hydroxyl groups is 1. The highest BCUT2D eigenvalue weighted by Gasteiger charge is 2.25. The largest absolute Gasteiger partial charge is 0.458 e. The van der Waals surface area contributed by atoms with Crippen molar-refractivity contribution >= 4 is 5.97 Å². The first-order chi connectivity index (χ1) is 10.9. The minimum absolute atomic E-state index is 0.0903. The zero-order chi connectivity index (χ0) is 17.4. The summed E-state index contributed by atoms with van der Waals surface area (Å²) in [5.41, 5.74) is 0.982. The van der Waals surface area contributed by atoms with Gasteiger partial charge in [0, 0.05) is 19.4 Å². The molecule has 0 saturated heterocycles. The Balaban J connectivity index is 3.02. The first kappa shape index (κ1) is 19.9. The Kier molecular flexibility index (Phi) is 8.56. The number of hydrogen-bond donors (Lipinski definition) is 1. The van der Waals surface area contributed by atoms with Crippen molar-refractivity contribution in [3.63, 3.8) is 0 Å². The van der Waals surface area contributed by atoms with Gasteiger partial charge in [0.25, 0.3) is 0 Å². The summed E-state index contributed by atoms with van der Waals surface area (Å²) in [6.07, 6.45) is 7.82. The first-order valence-corrected chi connectivity index (χ1v) is 8.62. The topological polar surface area (TPSA) is 55.8 Å². The molecule has 0 amide bonds. The molecular formula is C19H32O4. The van der Waals surface area contributed by atoms with Gasteiger partial charge in [-0.2, -0.15) is 0 Å². The molecule has 4 nitrogen and oxygen atoms in total. The number of cyclic esters (lactones) is 1. The number of allylic oxidation sites excluding steroid dienone is 1. The molecule has 0 bridgehead atoms. The fourth-order valence-electron chi connectivity index (χ4n) is 2.96. The van der Waals surface area contributed by atoms with Gasteiger partial charge in [0.05, 0.1) is 6.10 Å². The number of aliphatic hydroxyl groups excluding tert-OH is 1. The first-order valence-electron chi connectivity index (χ1n) is 8.62. The van der Waals surface area contributed by atoms with E-state index in [1.807, 2.05) is 45.9 Å². The molecule has 0 fully saturated rings. The zero-order valence-electron chi connectivity index (χ0n) is 15.1. The Labute approximate surface area is 140 Å². The van der Waals surface area contributed by atoms with Crippen molar-refractivity contribution in [1.29, 1.82) is 0 Å². The van der Waals surface area contributed by atoms with Crippen LogP contribution in [0.25, 0.3) is 0 Å². The van der Waals surface area contributed by atoms with E-state index in [9.17, 15) is 9.90 Å². The van der Waals surface area contributed by atoms with E-state index in [0.717, 1.165) is 24.8 Å². The molecule has 1 heterocycles. The second kappa shape index (κ2) is 9.89. The van der Waals surface area contributed by atoms with Gasteiger partial charge in [-0.05, 0) is 37.7 Å². The van der Waals surface area contributed by atoms with E-state index < -0.39 is 6.10 Å². The van der Waals surface area contributed by atoms with Gasteiger partial charge in [-0.15, -0.1) is 0 Å². The molecule has 0 aliphatic carbocycles. The third-order valence-corrected chi connectivity index (χ3v) is 4.31. The summed E-state index contributed by atoms with van der Waals surface area (Å²) in [5.74, 6) is -0.0292. The predicted molar refractivity (Wildman–Crippen MR) is 92.1 cm³/mol. The second-order valence-corrected chi connectivity index (χ2v) is 6.79. The molecular weight excluding hydrogens is 292 g/mol. The van der Waals surface area contributed by atoms with Crippen LogP contribution in [0.4, 0.5) is 0 Å². The van der Waals surface area contributed by atoms with E-state index in [-0.39, 0.29) is 30.0 Å². The third-order valence-electron chi connectivity index (χ3n) is 4.31. The summed E-state index contributed by atoms with van der Waals surface area (Å²) in [4.78, 5) is 12.0. The van der Waals surface area contributed by atoms with Gasteiger partial charge in [0.2, 0.25) is 0 Å². The summed E-state index contributed by atoms with van der Waals surface area (Å²) in [5, 5.41) is 10.5. The molecule has 132 valence electrons. The monoisotopic (exact) mass is 324 g/mol. The highest BCUT2D eigenvalue weighted by atomic mass is 16.5. The van der Waals surface area contributed by atoms with E-state index in [1.54, 1.807) is 7.11 Å². The molecule has 4 atom stereocenters. The van der Waals surface area contributed by atoms with Crippen LogP contribution in [0.3, 0.4) is 0 Å². The molecule has 4 heteroatoms. The predicted octanol–water partition coefficient (Wildman–Crippen LogP) is 3.64. The SMILES string of the molecule is CO[C@H]1/C=C/CCCCC(=O)O[C@@H](C(C)C)/C(C)=C\[C@@H](C)[C@@H]1O. The zero-order valence-corrected chi connectivity index (χ0v) is 15.1. The summed E-state index contributed by atoms with van der Waals surface area (Å²) in [6.45, 7) is 8.00. The summed E-state index contributed by atoms with van der Waals surface area (Å²) in [7, 11) is 1.61. The maximum Gasteiger partial charge on any atom is 0.306 e. The average molecular weight is 324 g/mol. The summed E-state index contributed by atoms with van der Waals surface area (Å²) in [6, 6.07) is 0. The smallest absolute Gasteiger partial charge is 0.306 e. The van der Waals surface area contributed by atoms with Crippen LogP contribution in [0.5, 0.6) is 0 Å². The molecule has 0 aromatic heterocycles. The molecule has 1 aliphatic heterocycles. The average Bonchev–Trinajstić information content (AvgIpc) is 2.50. The van der Waals surface area contributed by atoms with Crippen LogP contribution in [0, 0.1) is 11.8 Å². The van der Waals surface area contributed by atoms with Crippen molar-refractivity contribution in [3.8, 4) is 0 Å². The third kappa shape index (κ3) is 6.48. The van der Waals surface area contributed by atoms with Gasteiger partial charge in [0.15, 0.2) is 0 Å². The number of carbonyl (C=O) groups excluding carboxylic acids is 1. The lowest BCUT2D eigenvalue weighted by atomic mass is 9.92. The lowest BCUT2D eigenvalue weighted by Gasteiger charge is -2.26. The summed E-state index contributed by atoms with van der Waals surface area (Å²) < 4.78 is 11.1. The highest BCUT2D eigenvalue weighted by Crippen LogP contribution is 2.22. The van der Waals surface area contributed by atoms with Crippen molar-refractivity contribution in [2.45, 2.75) is 71.7 Å². The fourth-order valence-corrected chi connectivity index (χ4v) is 2.96. The molecule has 1 aliphatic rings.